The highest BCUT2D eigenvalue weighted by atomic mass is 16.4. The fourth-order valence-corrected chi connectivity index (χ4v) is 2.18. The zero-order chi connectivity index (χ0) is 12.3. The number of furan rings is 1. The molecular weight excluding hydrogens is 220 g/mol. The summed E-state index contributed by atoms with van der Waals surface area (Å²) in [5.74, 6) is -0.279. The van der Waals surface area contributed by atoms with Crippen LogP contribution in [0.3, 0.4) is 0 Å². The van der Waals surface area contributed by atoms with E-state index in [1.807, 2.05) is 0 Å². The largest absolute Gasteiger partial charge is 0.478 e. The minimum atomic E-state index is -0.949. The van der Waals surface area contributed by atoms with E-state index in [1.165, 1.54) is 19.1 Å². The lowest BCUT2D eigenvalue weighted by Crippen LogP contribution is -2.35. The SMILES string of the molecule is CN1CCCC1CNCc1cc(C(=O)O)co1. The third kappa shape index (κ3) is 3.08. The number of carboxylic acids is 1. The number of aromatic carboxylic acids is 1. The van der Waals surface area contributed by atoms with Gasteiger partial charge < -0.3 is 19.7 Å². The van der Waals surface area contributed by atoms with Crippen LogP contribution in [0.2, 0.25) is 0 Å². The molecule has 2 rings (SSSR count). The minimum Gasteiger partial charge on any atom is -0.478 e. The van der Waals surface area contributed by atoms with Crippen molar-refractivity contribution < 1.29 is 14.3 Å². The summed E-state index contributed by atoms with van der Waals surface area (Å²) in [5, 5.41) is 12.0. The Morgan fingerprint density at radius 1 is 1.71 bits per heavy atom. The average Bonchev–Trinajstić information content (AvgIpc) is 2.89. The molecule has 1 atom stereocenters. The van der Waals surface area contributed by atoms with Gasteiger partial charge in [0.1, 0.15) is 12.0 Å². The summed E-state index contributed by atoms with van der Waals surface area (Å²) < 4.78 is 5.16. The zero-order valence-corrected chi connectivity index (χ0v) is 9.98. The molecule has 1 aliphatic rings. The summed E-state index contributed by atoms with van der Waals surface area (Å²) in [6.07, 6.45) is 3.76. The number of likely N-dealkylation sites (N-methyl/N-ethyl adjacent to an activating group) is 1. The smallest absolute Gasteiger partial charge is 0.338 e. The van der Waals surface area contributed by atoms with Crippen LogP contribution in [0.15, 0.2) is 16.7 Å². The molecule has 17 heavy (non-hydrogen) atoms. The fraction of sp³-hybridized carbons (Fsp3) is 0.583. The highest BCUT2D eigenvalue weighted by Gasteiger charge is 2.20. The number of rotatable bonds is 5. The first kappa shape index (κ1) is 12.1. The number of nitrogens with one attached hydrogen (secondary N) is 1. The Hall–Kier alpha value is -1.33. The van der Waals surface area contributed by atoms with Gasteiger partial charge in [0.05, 0.1) is 12.1 Å². The van der Waals surface area contributed by atoms with Crippen molar-refractivity contribution in [2.45, 2.75) is 25.4 Å². The third-order valence-electron chi connectivity index (χ3n) is 3.25. The molecule has 0 amide bonds. The Balaban J connectivity index is 1.76. The molecule has 0 radical (unpaired) electrons. The van der Waals surface area contributed by atoms with Crippen molar-refractivity contribution >= 4 is 5.97 Å². The van der Waals surface area contributed by atoms with Crippen molar-refractivity contribution in [1.29, 1.82) is 0 Å². The predicted octanol–water partition coefficient (Wildman–Crippen LogP) is 1.16. The molecule has 5 heteroatoms. The van der Waals surface area contributed by atoms with Crippen molar-refractivity contribution in [2.24, 2.45) is 0 Å². The van der Waals surface area contributed by atoms with Gasteiger partial charge in [0.15, 0.2) is 0 Å². The molecule has 2 N–H and O–H groups in total. The van der Waals surface area contributed by atoms with Gasteiger partial charge in [-0.1, -0.05) is 0 Å². The molecule has 0 aromatic carbocycles. The second-order valence-electron chi connectivity index (χ2n) is 4.51. The molecule has 94 valence electrons. The summed E-state index contributed by atoms with van der Waals surface area (Å²) in [7, 11) is 2.13. The summed E-state index contributed by atoms with van der Waals surface area (Å²) in [4.78, 5) is 13.0. The van der Waals surface area contributed by atoms with Crippen molar-refractivity contribution in [1.82, 2.24) is 10.2 Å². The predicted molar refractivity (Wildman–Crippen MR) is 63.0 cm³/mol. The maximum Gasteiger partial charge on any atom is 0.338 e. The summed E-state index contributed by atoms with van der Waals surface area (Å²) in [6.45, 7) is 2.66. The highest BCUT2D eigenvalue weighted by molar-refractivity contribution is 5.87. The number of carbonyl (C=O) groups is 1. The normalized spacial score (nSPS) is 20.9. The van der Waals surface area contributed by atoms with Gasteiger partial charge in [0, 0.05) is 12.6 Å². The van der Waals surface area contributed by atoms with Crippen LogP contribution in [0.5, 0.6) is 0 Å². The van der Waals surface area contributed by atoms with E-state index in [1.54, 1.807) is 6.07 Å². The van der Waals surface area contributed by atoms with Gasteiger partial charge in [0.2, 0.25) is 0 Å². The molecule has 0 spiro atoms. The molecular formula is C12H18N2O3. The van der Waals surface area contributed by atoms with Gasteiger partial charge in [-0.25, -0.2) is 4.79 Å². The van der Waals surface area contributed by atoms with Gasteiger partial charge in [0.25, 0.3) is 0 Å². The van der Waals surface area contributed by atoms with Crippen LogP contribution < -0.4 is 5.32 Å². The van der Waals surface area contributed by atoms with Crippen LogP contribution >= 0.6 is 0 Å². The van der Waals surface area contributed by atoms with E-state index in [0.29, 0.717) is 18.3 Å². The minimum absolute atomic E-state index is 0.208. The van der Waals surface area contributed by atoms with E-state index in [2.05, 4.69) is 17.3 Å². The summed E-state index contributed by atoms with van der Waals surface area (Å²) in [5.41, 5.74) is 0.208. The van der Waals surface area contributed by atoms with Gasteiger partial charge in [-0.2, -0.15) is 0 Å². The molecule has 2 heterocycles. The van der Waals surface area contributed by atoms with E-state index < -0.39 is 5.97 Å². The molecule has 1 unspecified atom stereocenters. The lowest BCUT2D eigenvalue weighted by Gasteiger charge is -2.19. The number of nitrogens with zero attached hydrogens (tertiary/aromatic N) is 1. The van der Waals surface area contributed by atoms with Crippen molar-refractivity contribution in [3.05, 3.63) is 23.7 Å². The van der Waals surface area contributed by atoms with Crippen LogP contribution in [-0.2, 0) is 6.54 Å². The fourth-order valence-electron chi connectivity index (χ4n) is 2.18. The molecule has 1 saturated heterocycles. The van der Waals surface area contributed by atoms with Gasteiger partial charge in [-0.15, -0.1) is 0 Å². The van der Waals surface area contributed by atoms with Crippen LogP contribution in [-0.4, -0.2) is 42.2 Å². The number of likely N-dealkylation sites (tertiary alicyclic amines) is 1. The summed E-state index contributed by atoms with van der Waals surface area (Å²) in [6, 6.07) is 2.15. The van der Waals surface area contributed by atoms with Crippen molar-refractivity contribution in [3.8, 4) is 0 Å². The van der Waals surface area contributed by atoms with Crippen molar-refractivity contribution in [2.75, 3.05) is 20.1 Å². The van der Waals surface area contributed by atoms with E-state index in [4.69, 9.17) is 9.52 Å². The average molecular weight is 238 g/mol. The Morgan fingerprint density at radius 2 is 2.53 bits per heavy atom. The second-order valence-corrected chi connectivity index (χ2v) is 4.51. The van der Waals surface area contributed by atoms with Crippen LogP contribution in [0.25, 0.3) is 0 Å². The number of hydrogen-bond acceptors (Lipinski definition) is 4. The number of hydrogen-bond donors (Lipinski definition) is 2. The van der Waals surface area contributed by atoms with Crippen LogP contribution in [0.4, 0.5) is 0 Å². The monoisotopic (exact) mass is 238 g/mol. The first-order valence-corrected chi connectivity index (χ1v) is 5.88. The number of carboxylic acid groups (broad SMARTS) is 1. The molecule has 0 saturated carbocycles. The van der Waals surface area contributed by atoms with E-state index >= 15 is 0 Å². The molecule has 1 aliphatic heterocycles. The Bertz CT molecular complexity index is 389. The standard InChI is InChI=1S/C12H18N2O3/c1-14-4-2-3-10(14)6-13-7-11-5-9(8-17-11)12(15)16/h5,8,10,13H,2-4,6-7H2,1H3,(H,15,16). The quantitative estimate of drug-likeness (QED) is 0.806. The Kier molecular flexibility index (Phi) is 3.81. The molecule has 5 nitrogen and oxygen atoms in total. The summed E-state index contributed by atoms with van der Waals surface area (Å²) >= 11 is 0. The van der Waals surface area contributed by atoms with Crippen LogP contribution in [0, 0.1) is 0 Å². The molecule has 1 aromatic rings. The molecule has 0 bridgehead atoms. The van der Waals surface area contributed by atoms with Gasteiger partial charge >= 0.3 is 5.97 Å². The van der Waals surface area contributed by atoms with E-state index in [-0.39, 0.29) is 5.56 Å². The second kappa shape index (κ2) is 5.33. The lowest BCUT2D eigenvalue weighted by atomic mass is 10.2. The van der Waals surface area contributed by atoms with E-state index in [9.17, 15) is 4.79 Å². The first-order chi connectivity index (χ1) is 8.16. The third-order valence-corrected chi connectivity index (χ3v) is 3.25. The zero-order valence-electron chi connectivity index (χ0n) is 9.98. The first-order valence-electron chi connectivity index (χ1n) is 5.88. The van der Waals surface area contributed by atoms with Gasteiger partial charge in [-0.3, -0.25) is 0 Å². The topological polar surface area (TPSA) is 65.7 Å². The lowest BCUT2D eigenvalue weighted by molar-refractivity contribution is 0.0696. The Labute approximate surface area is 100 Å². The van der Waals surface area contributed by atoms with Crippen molar-refractivity contribution in [3.63, 3.8) is 0 Å². The maximum absolute atomic E-state index is 10.7. The Morgan fingerprint density at radius 3 is 3.12 bits per heavy atom. The van der Waals surface area contributed by atoms with Crippen LogP contribution in [0.1, 0.15) is 29.0 Å². The highest BCUT2D eigenvalue weighted by Crippen LogP contribution is 2.14. The maximum atomic E-state index is 10.7. The molecule has 1 aromatic heterocycles. The molecule has 0 aliphatic carbocycles. The van der Waals surface area contributed by atoms with E-state index in [0.717, 1.165) is 13.1 Å². The van der Waals surface area contributed by atoms with Gasteiger partial charge in [-0.05, 0) is 32.5 Å². The molecule has 1 fully saturated rings.